The number of benzene rings is 2. The average Bonchev–Trinajstić information content (AvgIpc) is 3.16. The van der Waals surface area contributed by atoms with Gasteiger partial charge < -0.3 is 15.1 Å². The van der Waals surface area contributed by atoms with Crippen molar-refractivity contribution in [1.29, 1.82) is 0 Å². The molecule has 0 radical (unpaired) electrons. The van der Waals surface area contributed by atoms with Crippen molar-refractivity contribution >= 4 is 11.1 Å². The molecule has 190 valence electrons. The van der Waals surface area contributed by atoms with Crippen LogP contribution in [0.5, 0.6) is 0 Å². The number of hydrogen-bond acceptors (Lipinski definition) is 4. The molecule has 4 heteroatoms. The molecule has 4 nitrogen and oxygen atoms in total. The standard InChI is InChI=1S/C32H40N2O2/c1-33-19-21-34(22-20-33)24-26-13-16-30(17-14-26)32(29-11-7-8-27(25-36)15-18-29)31(12-5-6-23-35)28-9-3-2-4-10-28/h2-4,7,9-11,13-18,35-36H,5-6,8,12,19-25H2,1H3/b32-31-. The molecule has 1 aliphatic carbocycles. The van der Waals surface area contributed by atoms with E-state index in [9.17, 15) is 10.2 Å². The number of likely N-dealkylation sites (N-methyl/N-ethyl adjacent to an activating group) is 1. The summed E-state index contributed by atoms with van der Waals surface area (Å²) in [5.74, 6) is 0. The Kier molecular flexibility index (Phi) is 9.88. The zero-order valence-corrected chi connectivity index (χ0v) is 21.6. The van der Waals surface area contributed by atoms with Gasteiger partial charge in [0.2, 0.25) is 0 Å². The van der Waals surface area contributed by atoms with Crippen molar-refractivity contribution < 1.29 is 10.2 Å². The van der Waals surface area contributed by atoms with Gasteiger partial charge in [-0.2, -0.15) is 0 Å². The number of aliphatic hydroxyl groups is 2. The Morgan fingerprint density at radius 2 is 1.58 bits per heavy atom. The molecule has 36 heavy (non-hydrogen) atoms. The largest absolute Gasteiger partial charge is 0.396 e. The number of aliphatic hydroxyl groups excluding tert-OH is 2. The first kappa shape index (κ1) is 26.3. The number of unbranched alkanes of at least 4 members (excludes halogenated alkanes) is 1. The van der Waals surface area contributed by atoms with Crippen molar-refractivity contribution in [2.45, 2.75) is 32.2 Å². The van der Waals surface area contributed by atoms with E-state index in [2.05, 4.69) is 95.7 Å². The lowest BCUT2D eigenvalue weighted by molar-refractivity contribution is 0.148. The minimum atomic E-state index is 0.0796. The third kappa shape index (κ3) is 7.14. The van der Waals surface area contributed by atoms with E-state index in [1.54, 1.807) is 0 Å². The summed E-state index contributed by atoms with van der Waals surface area (Å²) in [4.78, 5) is 4.93. The molecule has 0 aromatic heterocycles. The molecule has 1 saturated heterocycles. The van der Waals surface area contributed by atoms with Gasteiger partial charge in [-0.25, -0.2) is 0 Å². The molecule has 0 saturated carbocycles. The summed E-state index contributed by atoms with van der Waals surface area (Å²) >= 11 is 0. The van der Waals surface area contributed by atoms with Crippen LogP contribution in [0.4, 0.5) is 0 Å². The molecule has 2 aromatic carbocycles. The summed E-state index contributed by atoms with van der Waals surface area (Å²) in [5, 5.41) is 19.1. The van der Waals surface area contributed by atoms with E-state index >= 15 is 0 Å². The lowest BCUT2D eigenvalue weighted by Crippen LogP contribution is -2.43. The normalized spacial score (nSPS) is 17.9. The van der Waals surface area contributed by atoms with Gasteiger partial charge in [-0.15, -0.1) is 0 Å². The van der Waals surface area contributed by atoms with Crippen molar-refractivity contribution in [3.63, 3.8) is 0 Å². The molecule has 2 aliphatic rings. The van der Waals surface area contributed by atoms with E-state index < -0.39 is 0 Å². The van der Waals surface area contributed by atoms with Gasteiger partial charge in [0.15, 0.2) is 0 Å². The van der Waals surface area contributed by atoms with E-state index in [-0.39, 0.29) is 13.2 Å². The predicted octanol–water partition coefficient (Wildman–Crippen LogP) is 5.31. The first-order valence-corrected chi connectivity index (χ1v) is 13.2. The second kappa shape index (κ2) is 13.5. The molecule has 2 aromatic rings. The van der Waals surface area contributed by atoms with Gasteiger partial charge in [-0.1, -0.05) is 78.9 Å². The van der Waals surface area contributed by atoms with Gasteiger partial charge in [-0.3, -0.25) is 4.90 Å². The smallest absolute Gasteiger partial charge is 0.0647 e. The summed E-state index contributed by atoms with van der Waals surface area (Å²) in [6.45, 7) is 5.76. The van der Waals surface area contributed by atoms with Gasteiger partial charge in [0.05, 0.1) is 6.61 Å². The molecule has 1 aliphatic heterocycles. The van der Waals surface area contributed by atoms with E-state index in [1.807, 2.05) is 0 Å². The summed E-state index contributed by atoms with van der Waals surface area (Å²) in [6.07, 6.45) is 11.9. The lowest BCUT2D eigenvalue weighted by Gasteiger charge is -2.32. The molecule has 0 amide bonds. The maximum absolute atomic E-state index is 9.69. The van der Waals surface area contributed by atoms with Crippen molar-refractivity contribution in [3.05, 3.63) is 107 Å². The monoisotopic (exact) mass is 484 g/mol. The highest BCUT2D eigenvalue weighted by molar-refractivity contribution is 6.00. The summed E-state index contributed by atoms with van der Waals surface area (Å²) in [6, 6.07) is 19.7. The molecule has 0 atom stereocenters. The Morgan fingerprint density at radius 3 is 2.28 bits per heavy atom. The maximum Gasteiger partial charge on any atom is 0.0647 e. The lowest BCUT2D eigenvalue weighted by atomic mass is 9.86. The van der Waals surface area contributed by atoms with Crippen LogP contribution in [0.3, 0.4) is 0 Å². The molecule has 1 fully saturated rings. The molecular formula is C32H40N2O2. The number of rotatable bonds is 10. The molecule has 2 N–H and O–H groups in total. The van der Waals surface area contributed by atoms with E-state index in [0.717, 1.165) is 69.6 Å². The van der Waals surface area contributed by atoms with Gasteiger partial charge in [0.25, 0.3) is 0 Å². The Hall–Kier alpha value is -2.76. The fourth-order valence-electron chi connectivity index (χ4n) is 4.98. The topological polar surface area (TPSA) is 46.9 Å². The Balaban J connectivity index is 1.73. The van der Waals surface area contributed by atoms with Crippen LogP contribution in [0.15, 0.2) is 90.0 Å². The van der Waals surface area contributed by atoms with Crippen LogP contribution in [0, 0.1) is 0 Å². The first-order valence-electron chi connectivity index (χ1n) is 13.2. The zero-order chi connectivity index (χ0) is 25.2. The fourth-order valence-corrected chi connectivity index (χ4v) is 4.98. The van der Waals surface area contributed by atoms with Gasteiger partial charge in [-0.05, 0) is 71.7 Å². The van der Waals surface area contributed by atoms with Crippen molar-refractivity contribution in [3.8, 4) is 0 Å². The summed E-state index contributed by atoms with van der Waals surface area (Å²) in [5.41, 5.74) is 8.48. The van der Waals surface area contributed by atoms with Crippen LogP contribution in [0.25, 0.3) is 11.1 Å². The summed E-state index contributed by atoms with van der Waals surface area (Å²) < 4.78 is 0. The van der Waals surface area contributed by atoms with Gasteiger partial charge in [0, 0.05) is 39.3 Å². The van der Waals surface area contributed by atoms with Gasteiger partial charge in [0.1, 0.15) is 0 Å². The highest BCUT2D eigenvalue weighted by atomic mass is 16.3. The second-order valence-electron chi connectivity index (χ2n) is 9.89. The van der Waals surface area contributed by atoms with Crippen LogP contribution < -0.4 is 0 Å². The van der Waals surface area contributed by atoms with E-state index in [0.29, 0.717) is 0 Å². The van der Waals surface area contributed by atoms with Crippen LogP contribution in [0.1, 0.15) is 42.4 Å². The second-order valence-corrected chi connectivity index (χ2v) is 9.89. The van der Waals surface area contributed by atoms with Crippen LogP contribution in [-0.2, 0) is 6.54 Å². The molecular weight excluding hydrogens is 444 g/mol. The number of piperazine rings is 1. The van der Waals surface area contributed by atoms with Crippen LogP contribution in [0.2, 0.25) is 0 Å². The van der Waals surface area contributed by atoms with Gasteiger partial charge >= 0.3 is 0 Å². The average molecular weight is 485 g/mol. The Morgan fingerprint density at radius 1 is 0.833 bits per heavy atom. The molecule has 0 unspecified atom stereocenters. The number of hydrogen-bond donors (Lipinski definition) is 2. The van der Waals surface area contributed by atoms with E-state index in [4.69, 9.17) is 0 Å². The molecule has 0 spiro atoms. The molecule has 0 bridgehead atoms. The maximum atomic E-state index is 9.69. The highest BCUT2D eigenvalue weighted by Crippen LogP contribution is 2.37. The molecule has 1 heterocycles. The quantitative estimate of drug-likeness (QED) is 0.354. The van der Waals surface area contributed by atoms with Crippen molar-refractivity contribution in [2.24, 2.45) is 0 Å². The van der Waals surface area contributed by atoms with Crippen molar-refractivity contribution in [2.75, 3.05) is 46.4 Å². The van der Waals surface area contributed by atoms with E-state index in [1.165, 1.54) is 27.8 Å². The number of allylic oxidation sites excluding steroid dienone is 7. The predicted molar refractivity (Wildman–Crippen MR) is 150 cm³/mol. The number of nitrogens with zero attached hydrogens (tertiary/aromatic N) is 2. The minimum absolute atomic E-state index is 0.0796. The Labute approximate surface area is 216 Å². The van der Waals surface area contributed by atoms with Crippen LogP contribution in [-0.4, -0.2) is 66.5 Å². The SMILES string of the molecule is CN1CCN(Cc2ccc(/C(C3=CC=C(CO)CC=C3)=C(/CCCCO)c3ccccc3)cc2)CC1. The summed E-state index contributed by atoms with van der Waals surface area (Å²) in [7, 11) is 2.19. The minimum Gasteiger partial charge on any atom is -0.396 e. The Bertz CT molecular complexity index is 1090. The highest BCUT2D eigenvalue weighted by Gasteiger charge is 2.17. The third-order valence-electron chi connectivity index (χ3n) is 7.17. The third-order valence-corrected chi connectivity index (χ3v) is 7.17. The zero-order valence-electron chi connectivity index (χ0n) is 21.6. The first-order chi connectivity index (χ1) is 17.7. The fraction of sp³-hybridized carbons (Fsp3) is 0.375. The van der Waals surface area contributed by atoms with Crippen LogP contribution >= 0.6 is 0 Å². The van der Waals surface area contributed by atoms with Crippen molar-refractivity contribution in [1.82, 2.24) is 9.80 Å². The molecule has 4 rings (SSSR count).